The molecule has 0 radical (unpaired) electrons. The first-order valence-corrected chi connectivity index (χ1v) is 12.5. The number of anilines is 2. The number of benzene rings is 1. The van der Waals surface area contributed by atoms with Crippen LogP contribution in [0.25, 0.3) is 0 Å². The van der Waals surface area contributed by atoms with Crippen LogP contribution < -0.4 is 15.5 Å². The minimum atomic E-state index is -0.400. The zero-order chi connectivity index (χ0) is 24.9. The minimum Gasteiger partial charge on any atom is -0.449 e. The topological polar surface area (TPSA) is 100.0 Å². The van der Waals surface area contributed by atoms with E-state index in [9.17, 15) is 14.9 Å². The lowest BCUT2D eigenvalue weighted by atomic mass is 9.97. The number of hydrogen-bond acceptors (Lipinski definition) is 7. The molecule has 1 aromatic carbocycles. The van der Waals surface area contributed by atoms with E-state index in [0.717, 1.165) is 44.5 Å². The van der Waals surface area contributed by atoms with Crippen molar-refractivity contribution in [1.82, 2.24) is 10.2 Å². The molecule has 190 valence electrons. The summed E-state index contributed by atoms with van der Waals surface area (Å²) in [6, 6.07) is 6.40. The summed E-state index contributed by atoms with van der Waals surface area (Å²) in [5, 5.41) is 18.2. The molecule has 1 aromatic rings. The Morgan fingerprint density at radius 3 is 2.35 bits per heavy atom. The van der Waals surface area contributed by atoms with Crippen molar-refractivity contribution in [3.63, 3.8) is 0 Å². The number of alkyl carbamates (subject to hydrolysis) is 1. The fraction of sp³-hybridized carbons (Fsp3) is 0.720. The molecule has 0 atom stereocenters. The molecule has 2 N–H and O–H groups in total. The molecule has 0 aliphatic carbocycles. The highest BCUT2D eigenvalue weighted by Crippen LogP contribution is 2.34. The van der Waals surface area contributed by atoms with Crippen molar-refractivity contribution in [2.24, 2.45) is 5.92 Å². The number of hydrogen-bond donors (Lipinski definition) is 2. The molecule has 2 fully saturated rings. The van der Waals surface area contributed by atoms with E-state index in [0.29, 0.717) is 37.5 Å². The first-order valence-electron chi connectivity index (χ1n) is 12.5. The molecule has 2 aliphatic heterocycles. The molecule has 9 heteroatoms. The molecule has 2 saturated heterocycles. The standard InChI is InChI=1S/C25H41N5O4/c1-18(2)28-14-10-20(11-15-28)26-21-6-7-22(23(16-21)30(32)33)29-12-8-19(9-13-29)17-34-24(31)27-25(3,4)5/h6-7,16,18-20,26H,8-15,17H2,1-5H3,(H,27,31). The van der Waals surface area contributed by atoms with Crippen molar-refractivity contribution in [1.29, 1.82) is 0 Å². The average Bonchev–Trinajstić information content (AvgIpc) is 2.77. The zero-order valence-corrected chi connectivity index (χ0v) is 21.3. The fourth-order valence-corrected chi connectivity index (χ4v) is 4.70. The first kappa shape index (κ1) is 26.1. The van der Waals surface area contributed by atoms with Crippen LogP contribution in [0.1, 0.15) is 60.3 Å². The van der Waals surface area contributed by atoms with E-state index in [2.05, 4.69) is 34.3 Å². The number of carbonyl (C=O) groups excluding carboxylic acids is 1. The summed E-state index contributed by atoms with van der Waals surface area (Å²) in [4.78, 5) is 28.0. The van der Waals surface area contributed by atoms with E-state index in [1.54, 1.807) is 6.07 Å². The lowest BCUT2D eigenvalue weighted by Gasteiger charge is -2.35. The van der Waals surface area contributed by atoms with Crippen LogP contribution in [0.5, 0.6) is 0 Å². The van der Waals surface area contributed by atoms with Gasteiger partial charge in [-0.2, -0.15) is 0 Å². The Labute approximate surface area is 203 Å². The van der Waals surface area contributed by atoms with Crippen LogP contribution in [-0.4, -0.2) is 66.3 Å². The molecule has 0 bridgehead atoms. The SMILES string of the molecule is CC(C)N1CCC(Nc2ccc(N3CCC(COC(=O)NC(C)(C)C)CC3)c([N+](=O)[O-])c2)CC1. The summed E-state index contributed by atoms with van der Waals surface area (Å²) in [6.45, 7) is 14.0. The summed E-state index contributed by atoms with van der Waals surface area (Å²) in [7, 11) is 0. The van der Waals surface area contributed by atoms with E-state index in [-0.39, 0.29) is 22.1 Å². The van der Waals surface area contributed by atoms with E-state index in [4.69, 9.17) is 4.74 Å². The van der Waals surface area contributed by atoms with Crippen molar-refractivity contribution in [3.8, 4) is 0 Å². The van der Waals surface area contributed by atoms with Crippen LogP contribution in [0.4, 0.5) is 21.9 Å². The third-order valence-electron chi connectivity index (χ3n) is 6.69. The third kappa shape index (κ3) is 7.48. The van der Waals surface area contributed by atoms with Gasteiger partial charge in [-0.05, 0) is 78.4 Å². The summed E-state index contributed by atoms with van der Waals surface area (Å²) < 4.78 is 5.38. The first-order chi connectivity index (χ1) is 16.0. The lowest BCUT2D eigenvalue weighted by molar-refractivity contribution is -0.384. The molecular weight excluding hydrogens is 434 g/mol. The number of piperidine rings is 2. The van der Waals surface area contributed by atoms with Crippen LogP contribution in [-0.2, 0) is 4.74 Å². The number of likely N-dealkylation sites (tertiary alicyclic amines) is 1. The maximum atomic E-state index is 11.9. The molecule has 9 nitrogen and oxygen atoms in total. The van der Waals surface area contributed by atoms with Gasteiger partial charge >= 0.3 is 6.09 Å². The summed E-state index contributed by atoms with van der Waals surface area (Å²) in [6.07, 6.45) is 3.33. The van der Waals surface area contributed by atoms with Gasteiger partial charge in [0.05, 0.1) is 11.5 Å². The molecule has 3 rings (SSSR count). The second kappa shape index (κ2) is 11.3. The van der Waals surface area contributed by atoms with Gasteiger partial charge in [-0.25, -0.2) is 4.79 Å². The summed E-state index contributed by atoms with van der Waals surface area (Å²) in [5.41, 5.74) is 1.29. The molecule has 0 saturated carbocycles. The van der Waals surface area contributed by atoms with Crippen LogP contribution in [0.2, 0.25) is 0 Å². The van der Waals surface area contributed by atoms with Crippen molar-refractivity contribution in [3.05, 3.63) is 28.3 Å². The van der Waals surface area contributed by atoms with Crippen molar-refractivity contribution >= 4 is 23.2 Å². The monoisotopic (exact) mass is 475 g/mol. The van der Waals surface area contributed by atoms with E-state index < -0.39 is 6.09 Å². The lowest BCUT2D eigenvalue weighted by Crippen LogP contribution is -2.42. The van der Waals surface area contributed by atoms with Gasteiger partial charge in [0.2, 0.25) is 0 Å². The van der Waals surface area contributed by atoms with Gasteiger partial charge < -0.3 is 25.2 Å². The normalized spacial score (nSPS) is 18.7. The number of ether oxygens (including phenoxy) is 1. The molecule has 1 amide bonds. The smallest absolute Gasteiger partial charge is 0.407 e. The number of nitro groups is 1. The van der Waals surface area contributed by atoms with Crippen LogP contribution >= 0.6 is 0 Å². The summed E-state index contributed by atoms with van der Waals surface area (Å²) >= 11 is 0. The minimum absolute atomic E-state index is 0.142. The maximum absolute atomic E-state index is 11.9. The molecular formula is C25H41N5O4. The van der Waals surface area contributed by atoms with Crippen LogP contribution in [0, 0.1) is 16.0 Å². The summed E-state index contributed by atoms with van der Waals surface area (Å²) in [5.74, 6) is 0.263. The molecule has 0 aromatic heterocycles. The molecule has 34 heavy (non-hydrogen) atoms. The molecule has 0 unspecified atom stereocenters. The predicted molar refractivity (Wildman–Crippen MR) is 136 cm³/mol. The van der Waals surface area contributed by atoms with Crippen molar-refractivity contribution in [2.45, 2.75) is 77.9 Å². The third-order valence-corrected chi connectivity index (χ3v) is 6.69. The number of amides is 1. The van der Waals surface area contributed by atoms with Crippen LogP contribution in [0.3, 0.4) is 0 Å². The van der Waals surface area contributed by atoms with Crippen molar-refractivity contribution in [2.75, 3.05) is 43.0 Å². The Morgan fingerprint density at radius 1 is 1.15 bits per heavy atom. The fourth-order valence-electron chi connectivity index (χ4n) is 4.70. The molecule has 2 heterocycles. The Bertz CT molecular complexity index is 838. The van der Waals surface area contributed by atoms with E-state index in [1.165, 1.54) is 0 Å². The Morgan fingerprint density at radius 2 is 1.79 bits per heavy atom. The Kier molecular flexibility index (Phi) is 8.62. The average molecular weight is 476 g/mol. The highest BCUT2D eigenvalue weighted by Gasteiger charge is 2.27. The van der Waals surface area contributed by atoms with Gasteiger partial charge in [-0.15, -0.1) is 0 Å². The number of nitrogens with zero attached hydrogens (tertiary/aromatic N) is 3. The van der Waals surface area contributed by atoms with Gasteiger partial charge in [0.15, 0.2) is 0 Å². The van der Waals surface area contributed by atoms with Crippen molar-refractivity contribution < 1.29 is 14.5 Å². The number of nitrogens with one attached hydrogen (secondary N) is 2. The van der Waals surface area contributed by atoms with Crippen LogP contribution in [0.15, 0.2) is 18.2 Å². The van der Waals surface area contributed by atoms with Gasteiger partial charge in [0.1, 0.15) is 5.69 Å². The van der Waals surface area contributed by atoms with Gasteiger partial charge in [-0.1, -0.05) is 0 Å². The highest BCUT2D eigenvalue weighted by atomic mass is 16.6. The largest absolute Gasteiger partial charge is 0.449 e. The van der Waals surface area contributed by atoms with Gasteiger partial charge in [-0.3, -0.25) is 10.1 Å². The molecule has 0 spiro atoms. The van der Waals surface area contributed by atoms with E-state index >= 15 is 0 Å². The molecule has 2 aliphatic rings. The van der Waals surface area contributed by atoms with Gasteiger partial charge in [0.25, 0.3) is 5.69 Å². The second-order valence-electron chi connectivity index (χ2n) is 10.9. The number of rotatable bonds is 7. The maximum Gasteiger partial charge on any atom is 0.407 e. The highest BCUT2D eigenvalue weighted by molar-refractivity contribution is 5.69. The van der Waals surface area contributed by atoms with E-state index in [1.807, 2.05) is 32.9 Å². The predicted octanol–water partition coefficient (Wildman–Crippen LogP) is 4.62. The number of nitro benzene ring substituents is 1. The Hall–Kier alpha value is -2.55. The quantitative estimate of drug-likeness (QED) is 0.438. The van der Waals surface area contributed by atoms with Gasteiger partial charge in [0, 0.05) is 55.6 Å². The Balaban J connectivity index is 1.54. The zero-order valence-electron chi connectivity index (χ0n) is 21.3. The number of carbonyl (C=O) groups is 1. The second-order valence-corrected chi connectivity index (χ2v) is 10.9.